The number of fused-ring (bicyclic) bond motifs is 2. The van der Waals surface area contributed by atoms with Crippen LogP contribution in [0.15, 0.2) is 6.33 Å². The summed E-state index contributed by atoms with van der Waals surface area (Å²) in [5.41, 5.74) is 1.61. The summed E-state index contributed by atoms with van der Waals surface area (Å²) in [4.78, 5) is 31.2. The fourth-order valence-electron chi connectivity index (χ4n) is 6.91. The summed E-state index contributed by atoms with van der Waals surface area (Å²) in [5.74, 6) is 1.97. The van der Waals surface area contributed by atoms with Gasteiger partial charge in [-0.1, -0.05) is 0 Å². The molecule has 0 amide bonds. The fourth-order valence-corrected chi connectivity index (χ4v) is 7.23. The van der Waals surface area contributed by atoms with Gasteiger partial charge in [-0.2, -0.15) is 19.9 Å². The molecule has 18 heteroatoms. The number of nitrogens with zero attached hydrogens (tertiary/aromatic N) is 10. The maximum Gasteiger partial charge on any atom is 0.226 e. The highest BCUT2D eigenvalue weighted by Crippen LogP contribution is 2.38. The molecular formula is C31H40Cl2N10O6. The number of morpholine rings is 2. The molecule has 16 nitrogen and oxygen atoms in total. The van der Waals surface area contributed by atoms with E-state index in [1.54, 1.807) is 6.33 Å². The Balaban J connectivity index is 0.000000145. The van der Waals surface area contributed by atoms with Gasteiger partial charge in [0.1, 0.15) is 18.3 Å². The predicted molar refractivity (Wildman–Crippen MR) is 179 cm³/mol. The molecule has 5 fully saturated rings. The summed E-state index contributed by atoms with van der Waals surface area (Å²) >= 11 is 12.4. The molecule has 9 heterocycles. The summed E-state index contributed by atoms with van der Waals surface area (Å²) in [7, 11) is 0. The number of halogens is 2. The number of aromatic nitrogens is 8. The Kier molecular flexibility index (Phi) is 9.72. The van der Waals surface area contributed by atoms with E-state index in [0.29, 0.717) is 68.9 Å². The molecule has 2 unspecified atom stereocenters. The highest BCUT2D eigenvalue weighted by molar-refractivity contribution is 6.29. The van der Waals surface area contributed by atoms with Crippen molar-refractivity contribution in [2.45, 2.75) is 56.6 Å². The molecule has 0 saturated carbocycles. The van der Waals surface area contributed by atoms with Crippen molar-refractivity contribution in [3.63, 3.8) is 0 Å². The third-order valence-electron chi connectivity index (χ3n) is 9.50. The number of imidazole rings is 2. The van der Waals surface area contributed by atoms with Crippen LogP contribution in [0, 0.1) is 0 Å². The zero-order valence-electron chi connectivity index (χ0n) is 27.2. The maximum atomic E-state index is 11.0. The van der Waals surface area contributed by atoms with Gasteiger partial charge in [0.15, 0.2) is 39.6 Å². The van der Waals surface area contributed by atoms with Gasteiger partial charge >= 0.3 is 0 Å². The molecule has 0 aliphatic carbocycles. The maximum absolute atomic E-state index is 11.0. The van der Waals surface area contributed by atoms with E-state index in [9.17, 15) is 5.11 Å². The smallest absolute Gasteiger partial charge is 0.226 e. The van der Waals surface area contributed by atoms with Gasteiger partial charge in [0, 0.05) is 39.4 Å². The molecule has 9 rings (SSSR count). The molecule has 2 atom stereocenters. The van der Waals surface area contributed by atoms with Crippen LogP contribution in [-0.2, 0) is 29.3 Å². The topological polar surface area (TPSA) is 160 Å². The second kappa shape index (κ2) is 14.3. The van der Waals surface area contributed by atoms with E-state index in [0.717, 1.165) is 75.2 Å². The van der Waals surface area contributed by atoms with Crippen LogP contribution in [0.5, 0.6) is 0 Å². The minimum absolute atomic E-state index is 0.0118. The van der Waals surface area contributed by atoms with Crippen molar-refractivity contribution in [1.29, 1.82) is 0 Å². The Hall–Kier alpha value is -2.96. The van der Waals surface area contributed by atoms with Crippen LogP contribution in [0.25, 0.3) is 22.3 Å². The lowest BCUT2D eigenvalue weighted by Crippen LogP contribution is -2.49. The average molecular weight is 720 g/mol. The molecule has 5 saturated heterocycles. The van der Waals surface area contributed by atoms with Gasteiger partial charge in [0.2, 0.25) is 10.6 Å². The molecule has 5 aliphatic heterocycles. The SMILES string of the molecule is Clc1nc(N2CCOCC2)c2ncn(C3CCCCO3)c2n1.OC1(c2nc3c(N4CCOCC4)nc(Cl)nc3n2C2CCCCO2)COC1. The Morgan fingerprint density at radius 1 is 0.653 bits per heavy atom. The number of anilines is 2. The van der Waals surface area contributed by atoms with Crippen LogP contribution in [0.2, 0.25) is 10.6 Å². The number of aliphatic hydroxyl groups is 1. The zero-order valence-corrected chi connectivity index (χ0v) is 28.7. The molecule has 0 bridgehead atoms. The summed E-state index contributed by atoms with van der Waals surface area (Å²) in [5, 5.41) is 11.4. The number of ether oxygens (including phenoxy) is 5. The molecule has 4 aromatic heterocycles. The molecule has 0 radical (unpaired) electrons. The van der Waals surface area contributed by atoms with Crippen LogP contribution >= 0.6 is 23.2 Å². The Labute approximate surface area is 292 Å². The quantitative estimate of drug-likeness (QED) is 0.300. The van der Waals surface area contributed by atoms with E-state index in [4.69, 9.17) is 51.9 Å². The standard InChI is InChI=1S/C17H22ClN5O4.C14H18ClN5O2/c18-16-20-13(22-4-7-25-8-5-22)12-14(21-16)23(11-3-1-2-6-27-11)15(19-12)17(24)9-26-10-17;15-14-17-12(19-4-7-21-8-5-19)11-13(18-14)20(9-16-11)10-3-1-2-6-22-10/h11,24H,1-10H2;9-10H,1-8H2. The third kappa shape index (κ3) is 6.65. The summed E-state index contributed by atoms with van der Waals surface area (Å²) in [6.07, 6.45) is 7.69. The minimum atomic E-state index is -1.14. The van der Waals surface area contributed by atoms with Crippen LogP contribution < -0.4 is 9.80 Å². The van der Waals surface area contributed by atoms with Gasteiger partial charge in [-0.15, -0.1) is 0 Å². The van der Waals surface area contributed by atoms with E-state index in [2.05, 4.69) is 34.7 Å². The van der Waals surface area contributed by atoms with E-state index >= 15 is 0 Å². The van der Waals surface area contributed by atoms with Gasteiger partial charge in [0.05, 0.1) is 46.0 Å². The lowest BCUT2D eigenvalue weighted by atomic mass is 10.0. The lowest BCUT2D eigenvalue weighted by Gasteiger charge is -2.37. The Bertz CT molecular complexity index is 1760. The first-order valence-electron chi connectivity index (χ1n) is 17.0. The van der Waals surface area contributed by atoms with Crippen molar-refractivity contribution in [2.75, 3.05) is 88.8 Å². The Morgan fingerprint density at radius 3 is 1.78 bits per heavy atom. The van der Waals surface area contributed by atoms with Gasteiger partial charge in [-0.3, -0.25) is 9.13 Å². The molecule has 264 valence electrons. The van der Waals surface area contributed by atoms with Crippen molar-refractivity contribution in [3.05, 3.63) is 22.7 Å². The van der Waals surface area contributed by atoms with Crippen molar-refractivity contribution < 1.29 is 28.8 Å². The van der Waals surface area contributed by atoms with E-state index < -0.39 is 5.60 Å². The zero-order chi connectivity index (χ0) is 33.4. The van der Waals surface area contributed by atoms with E-state index in [1.165, 1.54) is 0 Å². The highest BCUT2D eigenvalue weighted by atomic mass is 35.5. The molecule has 0 aromatic carbocycles. The first-order valence-corrected chi connectivity index (χ1v) is 17.8. The van der Waals surface area contributed by atoms with Crippen LogP contribution in [0.4, 0.5) is 11.6 Å². The molecule has 4 aromatic rings. The summed E-state index contributed by atoms with van der Waals surface area (Å²) in [6.45, 7) is 7.48. The number of hydrogen-bond acceptors (Lipinski definition) is 14. The second-order valence-corrected chi connectivity index (χ2v) is 13.5. The fraction of sp³-hybridized carbons (Fsp3) is 0.677. The second-order valence-electron chi connectivity index (χ2n) is 12.8. The first kappa shape index (κ1) is 33.2. The number of rotatable bonds is 5. The van der Waals surface area contributed by atoms with Gasteiger partial charge in [-0.25, -0.2) is 9.97 Å². The molecule has 49 heavy (non-hydrogen) atoms. The normalized spacial score (nSPS) is 24.5. The van der Waals surface area contributed by atoms with Crippen molar-refractivity contribution >= 4 is 57.2 Å². The van der Waals surface area contributed by atoms with Crippen LogP contribution in [-0.4, -0.2) is 123 Å². The minimum Gasteiger partial charge on any atom is -0.378 e. The van der Waals surface area contributed by atoms with Crippen LogP contribution in [0.3, 0.4) is 0 Å². The molecule has 0 spiro atoms. The molecule has 1 N–H and O–H groups in total. The average Bonchev–Trinajstić information content (AvgIpc) is 3.74. The van der Waals surface area contributed by atoms with Crippen LogP contribution in [0.1, 0.15) is 56.8 Å². The predicted octanol–water partition coefficient (Wildman–Crippen LogP) is 3.25. The number of hydrogen-bond donors (Lipinski definition) is 1. The van der Waals surface area contributed by atoms with Gasteiger partial charge in [0.25, 0.3) is 0 Å². The van der Waals surface area contributed by atoms with E-state index in [1.807, 2.05) is 9.13 Å². The highest BCUT2D eigenvalue weighted by Gasteiger charge is 2.45. The first-order chi connectivity index (χ1) is 24.0. The Morgan fingerprint density at radius 2 is 1.22 bits per heavy atom. The lowest BCUT2D eigenvalue weighted by molar-refractivity contribution is -0.193. The summed E-state index contributed by atoms with van der Waals surface area (Å²) in [6, 6.07) is 0. The van der Waals surface area contributed by atoms with Crippen molar-refractivity contribution in [2.24, 2.45) is 0 Å². The largest absolute Gasteiger partial charge is 0.378 e. The van der Waals surface area contributed by atoms with Gasteiger partial charge in [-0.05, 0) is 61.7 Å². The van der Waals surface area contributed by atoms with E-state index in [-0.39, 0.29) is 36.2 Å². The third-order valence-corrected chi connectivity index (χ3v) is 9.84. The molecule has 5 aliphatic rings. The molecular weight excluding hydrogens is 679 g/mol. The van der Waals surface area contributed by atoms with Crippen molar-refractivity contribution in [3.8, 4) is 0 Å². The van der Waals surface area contributed by atoms with Gasteiger partial charge < -0.3 is 38.6 Å². The van der Waals surface area contributed by atoms with Crippen molar-refractivity contribution in [1.82, 2.24) is 39.0 Å². The monoisotopic (exact) mass is 718 g/mol. The summed E-state index contributed by atoms with van der Waals surface area (Å²) < 4.78 is 31.8.